The van der Waals surface area contributed by atoms with E-state index in [-0.39, 0.29) is 12.0 Å². The van der Waals surface area contributed by atoms with Crippen LogP contribution < -0.4 is 5.56 Å². The van der Waals surface area contributed by atoms with Crippen LogP contribution in [0.15, 0.2) is 59.8 Å². The number of carbonyl (C=O) groups excluding carboxylic acids is 1. The minimum absolute atomic E-state index is 0.00672. The van der Waals surface area contributed by atoms with Crippen molar-refractivity contribution in [2.75, 3.05) is 7.11 Å². The third-order valence-corrected chi connectivity index (χ3v) is 4.60. The second-order valence-corrected chi connectivity index (χ2v) is 6.19. The van der Waals surface area contributed by atoms with Crippen LogP contribution >= 0.6 is 0 Å². The average Bonchev–Trinajstić information content (AvgIpc) is 2.72. The Morgan fingerprint density at radius 1 is 1.18 bits per heavy atom. The maximum absolute atomic E-state index is 13.1. The van der Waals surface area contributed by atoms with Gasteiger partial charge in [-0.05, 0) is 23.8 Å². The van der Waals surface area contributed by atoms with Gasteiger partial charge in [0.05, 0.1) is 30.1 Å². The predicted octanol–water partition coefficient (Wildman–Crippen LogP) is 2.04. The number of aromatic nitrogens is 4. The van der Waals surface area contributed by atoms with E-state index in [4.69, 9.17) is 4.74 Å². The molecule has 8 heteroatoms. The van der Waals surface area contributed by atoms with Crippen LogP contribution in [0.5, 0.6) is 5.88 Å². The molecule has 0 amide bonds. The molecule has 0 aliphatic heterocycles. The van der Waals surface area contributed by atoms with Crippen molar-refractivity contribution in [1.29, 1.82) is 0 Å². The largest absolute Gasteiger partial charge is 0.493 e. The van der Waals surface area contributed by atoms with E-state index in [2.05, 4.69) is 15.0 Å². The van der Waals surface area contributed by atoms with Crippen LogP contribution in [0, 0.1) is 0 Å². The molecule has 0 aliphatic rings. The number of para-hydroxylation sites is 1. The lowest BCUT2D eigenvalue weighted by Gasteiger charge is -2.18. The number of methoxy groups -OCH3 is 1. The highest BCUT2D eigenvalue weighted by molar-refractivity contribution is 5.80. The average molecular weight is 376 g/mol. The second kappa shape index (κ2) is 7.07. The van der Waals surface area contributed by atoms with E-state index in [0.29, 0.717) is 22.2 Å². The molecule has 28 heavy (non-hydrogen) atoms. The van der Waals surface area contributed by atoms with Gasteiger partial charge < -0.3 is 9.84 Å². The number of carbonyl (C=O) groups is 1. The fourth-order valence-corrected chi connectivity index (χ4v) is 3.31. The Labute approximate surface area is 159 Å². The summed E-state index contributed by atoms with van der Waals surface area (Å²) in [5.41, 5.74) is 1.59. The molecule has 3 heterocycles. The van der Waals surface area contributed by atoms with Crippen molar-refractivity contribution in [2.24, 2.45) is 0 Å². The number of rotatable bonds is 4. The van der Waals surface area contributed by atoms with Crippen LogP contribution in [-0.2, 0) is 9.53 Å². The first-order valence-electron chi connectivity index (χ1n) is 8.57. The topological polar surface area (TPSA) is 107 Å². The first-order valence-corrected chi connectivity index (χ1v) is 8.57. The molecule has 0 radical (unpaired) electrons. The van der Waals surface area contributed by atoms with E-state index < -0.39 is 23.3 Å². The van der Waals surface area contributed by atoms with Gasteiger partial charge in [-0.25, -0.2) is 0 Å². The summed E-state index contributed by atoms with van der Waals surface area (Å²) in [6.07, 6.45) is 4.50. The van der Waals surface area contributed by atoms with E-state index in [1.807, 2.05) is 0 Å². The highest BCUT2D eigenvalue weighted by Gasteiger charge is 2.28. The van der Waals surface area contributed by atoms with Gasteiger partial charge in [-0.15, -0.1) is 0 Å². The number of fused-ring (bicyclic) bond motifs is 2. The van der Waals surface area contributed by atoms with Crippen LogP contribution in [0.4, 0.5) is 0 Å². The number of benzene rings is 1. The molecular weight excluding hydrogens is 360 g/mol. The van der Waals surface area contributed by atoms with Gasteiger partial charge in [0.15, 0.2) is 0 Å². The Morgan fingerprint density at radius 2 is 2.00 bits per heavy atom. The van der Waals surface area contributed by atoms with Crippen molar-refractivity contribution in [3.05, 3.63) is 76.5 Å². The Bertz CT molecular complexity index is 1250. The smallest absolute Gasteiger partial charge is 0.306 e. The molecule has 0 saturated heterocycles. The molecule has 1 N–H and O–H groups in total. The van der Waals surface area contributed by atoms with Gasteiger partial charge >= 0.3 is 5.97 Å². The van der Waals surface area contributed by atoms with E-state index in [9.17, 15) is 14.7 Å². The van der Waals surface area contributed by atoms with Crippen molar-refractivity contribution in [1.82, 2.24) is 19.4 Å². The zero-order chi connectivity index (χ0) is 19.7. The van der Waals surface area contributed by atoms with Crippen molar-refractivity contribution in [3.63, 3.8) is 0 Å². The van der Waals surface area contributed by atoms with E-state index in [0.717, 1.165) is 0 Å². The summed E-state index contributed by atoms with van der Waals surface area (Å²) in [6, 6.07) is 10.3. The van der Waals surface area contributed by atoms with Crippen molar-refractivity contribution >= 4 is 22.6 Å². The predicted molar refractivity (Wildman–Crippen MR) is 101 cm³/mol. The fraction of sp³-hybridized carbons (Fsp3) is 0.150. The maximum atomic E-state index is 13.1. The second-order valence-electron chi connectivity index (χ2n) is 6.19. The molecule has 3 aromatic heterocycles. The zero-order valence-electron chi connectivity index (χ0n) is 14.9. The van der Waals surface area contributed by atoms with E-state index in [1.165, 1.54) is 17.7 Å². The van der Waals surface area contributed by atoms with Crippen LogP contribution in [0.2, 0.25) is 0 Å². The Kier molecular flexibility index (Phi) is 4.44. The summed E-state index contributed by atoms with van der Waals surface area (Å²) < 4.78 is 6.15. The molecule has 0 saturated carbocycles. The first-order chi connectivity index (χ1) is 13.6. The molecule has 140 valence electrons. The number of pyridine rings is 1. The molecule has 8 nitrogen and oxygen atoms in total. The lowest BCUT2D eigenvalue weighted by molar-refractivity contribution is -0.140. The third kappa shape index (κ3) is 2.94. The molecule has 4 aromatic rings. The number of hydrogen-bond acceptors (Lipinski definition) is 7. The molecule has 0 fully saturated rings. The van der Waals surface area contributed by atoms with Gasteiger partial charge in [0.25, 0.3) is 5.56 Å². The van der Waals surface area contributed by atoms with E-state index >= 15 is 0 Å². The van der Waals surface area contributed by atoms with Crippen LogP contribution in [0.3, 0.4) is 0 Å². The quantitative estimate of drug-likeness (QED) is 0.543. The molecule has 0 aliphatic carbocycles. The van der Waals surface area contributed by atoms with E-state index in [1.54, 1.807) is 48.8 Å². The lowest BCUT2D eigenvalue weighted by atomic mass is 9.88. The summed E-state index contributed by atoms with van der Waals surface area (Å²) >= 11 is 0. The van der Waals surface area contributed by atoms with Crippen molar-refractivity contribution in [3.8, 4) is 5.88 Å². The highest BCUT2D eigenvalue weighted by atomic mass is 16.5. The van der Waals surface area contributed by atoms with Gasteiger partial charge in [0.2, 0.25) is 5.88 Å². The summed E-state index contributed by atoms with van der Waals surface area (Å²) in [5.74, 6) is -1.75. The van der Waals surface area contributed by atoms with Gasteiger partial charge in [-0.1, -0.05) is 18.2 Å². The standard InChI is InChI=1S/C20H16N4O4/c1-28-16(25)11-13(12-5-4-6-14-18(12)22-9-8-21-14)17-19(26)23-15-7-2-3-10-24(15)20(17)27/h2-10,13,26H,11H2,1H3/t13-/m1/s1. The van der Waals surface area contributed by atoms with Crippen molar-refractivity contribution < 1.29 is 14.6 Å². The Hall–Kier alpha value is -3.81. The molecule has 0 spiro atoms. The molecule has 1 aromatic carbocycles. The lowest BCUT2D eigenvalue weighted by Crippen LogP contribution is -2.24. The van der Waals surface area contributed by atoms with Gasteiger partial charge in [-0.3, -0.25) is 24.0 Å². The van der Waals surface area contributed by atoms with Crippen LogP contribution in [-0.4, -0.2) is 37.5 Å². The fourth-order valence-electron chi connectivity index (χ4n) is 3.31. The Morgan fingerprint density at radius 3 is 2.82 bits per heavy atom. The molecule has 0 unspecified atom stereocenters. The number of nitrogens with zero attached hydrogens (tertiary/aromatic N) is 4. The summed E-state index contributed by atoms with van der Waals surface area (Å²) in [6.45, 7) is 0. The highest BCUT2D eigenvalue weighted by Crippen LogP contribution is 2.34. The number of ether oxygens (including phenoxy) is 1. The van der Waals surface area contributed by atoms with Gasteiger partial charge in [0.1, 0.15) is 5.65 Å². The van der Waals surface area contributed by atoms with Crippen LogP contribution in [0.25, 0.3) is 16.7 Å². The van der Waals surface area contributed by atoms with Gasteiger partial charge in [0, 0.05) is 24.5 Å². The number of aromatic hydroxyl groups is 1. The minimum Gasteiger partial charge on any atom is -0.493 e. The molecular formula is C20H16N4O4. The number of esters is 1. The van der Waals surface area contributed by atoms with Gasteiger partial charge in [-0.2, -0.15) is 4.98 Å². The third-order valence-electron chi connectivity index (χ3n) is 4.60. The minimum atomic E-state index is -0.801. The summed E-state index contributed by atoms with van der Waals surface area (Å²) in [4.78, 5) is 38.0. The SMILES string of the molecule is COC(=O)C[C@@H](c1c(O)nc2ccccn2c1=O)c1cccc2nccnc12. The molecule has 0 bridgehead atoms. The maximum Gasteiger partial charge on any atom is 0.306 e. The number of hydrogen-bond donors (Lipinski definition) is 1. The molecule has 4 rings (SSSR count). The normalized spacial score (nSPS) is 12.2. The monoisotopic (exact) mass is 376 g/mol. The Balaban J connectivity index is 2.01. The summed E-state index contributed by atoms with van der Waals surface area (Å²) in [7, 11) is 1.27. The van der Waals surface area contributed by atoms with Crippen molar-refractivity contribution in [2.45, 2.75) is 12.3 Å². The summed E-state index contributed by atoms with van der Waals surface area (Å²) in [5, 5.41) is 10.6. The zero-order valence-corrected chi connectivity index (χ0v) is 14.9. The molecule has 1 atom stereocenters. The first kappa shape index (κ1) is 17.6. The van der Waals surface area contributed by atoms with Crippen LogP contribution in [0.1, 0.15) is 23.5 Å².